The van der Waals surface area contributed by atoms with Gasteiger partial charge in [0.25, 0.3) is 0 Å². The zero-order chi connectivity index (χ0) is 17.3. The Hall–Kier alpha value is -2.78. The van der Waals surface area contributed by atoms with Gasteiger partial charge in [0, 0.05) is 25.0 Å². The highest BCUT2D eigenvalue weighted by molar-refractivity contribution is 5.53. The van der Waals surface area contributed by atoms with Gasteiger partial charge in [-0.1, -0.05) is 0 Å². The summed E-state index contributed by atoms with van der Waals surface area (Å²) >= 11 is 0. The molecule has 1 aliphatic heterocycles. The smallest absolute Gasteiger partial charge is 0.329 e. The number of rotatable bonds is 4. The van der Waals surface area contributed by atoms with Gasteiger partial charge in [-0.2, -0.15) is 4.98 Å². The average Bonchev–Trinajstić information content (AvgIpc) is 3.04. The zero-order valence-corrected chi connectivity index (χ0v) is 13.7. The Morgan fingerprint density at radius 2 is 2.08 bits per heavy atom. The number of nitrogens with zero attached hydrogens (tertiary/aromatic N) is 7. The number of aromatic nitrogens is 5. The van der Waals surface area contributed by atoms with Crippen LogP contribution in [0.2, 0.25) is 0 Å². The SMILES string of the molecule is CC(C)n1cnnc1C1CCN(c2ncc([N+](=O)[O-])c(N)n2)CC1. The molecule has 128 valence electrons. The minimum absolute atomic E-state index is 0.105. The Labute approximate surface area is 138 Å². The molecule has 10 nitrogen and oxygen atoms in total. The molecule has 0 spiro atoms. The molecular formula is C14H20N8O2. The molecule has 0 aliphatic carbocycles. The molecule has 2 N–H and O–H groups in total. The second-order valence-corrected chi connectivity index (χ2v) is 6.15. The predicted octanol–water partition coefficient (Wildman–Crippen LogP) is 1.52. The molecule has 10 heteroatoms. The van der Waals surface area contributed by atoms with Crippen LogP contribution in [-0.4, -0.2) is 42.7 Å². The van der Waals surface area contributed by atoms with Crippen LogP contribution in [0.15, 0.2) is 12.5 Å². The monoisotopic (exact) mass is 332 g/mol. The lowest BCUT2D eigenvalue weighted by Gasteiger charge is -2.31. The van der Waals surface area contributed by atoms with Crippen LogP contribution < -0.4 is 10.6 Å². The molecule has 2 aromatic heterocycles. The third-order valence-corrected chi connectivity index (χ3v) is 4.28. The van der Waals surface area contributed by atoms with E-state index in [1.807, 2.05) is 4.90 Å². The summed E-state index contributed by atoms with van der Waals surface area (Å²) in [5, 5.41) is 19.1. The van der Waals surface area contributed by atoms with Crippen LogP contribution in [0, 0.1) is 10.1 Å². The summed E-state index contributed by atoms with van der Waals surface area (Å²) in [6.45, 7) is 5.70. The lowest BCUT2D eigenvalue weighted by atomic mass is 9.96. The molecule has 3 rings (SSSR count). The van der Waals surface area contributed by atoms with Gasteiger partial charge in [-0.25, -0.2) is 4.98 Å². The summed E-state index contributed by atoms with van der Waals surface area (Å²) in [7, 11) is 0. The van der Waals surface area contributed by atoms with E-state index in [1.54, 1.807) is 6.33 Å². The first-order valence-electron chi connectivity index (χ1n) is 7.88. The van der Waals surface area contributed by atoms with Crippen LogP contribution in [0.1, 0.15) is 44.5 Å². The van der Waals surface area contributed by atoms with E-state index in [2.05, 4.69) is 38.6 Å². The summed E-state index contributed by atoms with van der Waals surface area (Å²) < 4.78 is 2.10. The molecule has 1 saturated heterocycles. The van der Waals surface area contributed by atoms with E-state index >= 15 is 0 Å². The normalized spacial score (nSPS) is 15.9. The van der Waals surface area contributed by atoms with Crippen molar-refractivity contribution in [1.82, 2.24) is 24.7 Å². The summed E-state index contributed by atoms with van der Waals surface area (Å²) in [5.74, 6) is 1.67. The van der Waals surface area contributed by atoms with Crippen molar-refractivity contribution >= 4 is 17.5 Å². The second kappa shape index (κ2) is 6.38. The van der Waals surface area contributed by atoms with Crippen LogP contribution in [-0.2, 0) is 0 Å². The van der Waals surface area contributed by atoms with Crippen molar-refractivity contribution in [1.29, 1.82) is 0 Å². The molecule has 0 amide bonds. The van der Waals surface area contributed by atoms with Gasteiger partial charge in [0.15, 0.2) is 0 Å². The number of nitro groups is 1. The highest BCUT2D eigenvalue weighted by Gasteiger charge is 2.27. The molecular weight excluding hydrogens is 312 g/mol. The zero-order valence-electron chi connectivity index (χ0n) is 13.7. The predicted molar refractivity (Wildman–Crippen MR) is 87.7 cm³/mol. The van der Waals surface area contributed by atoms with E-state index in [0.717, 1.165) is 31.8 Å². The maximum Gasteiger partial charge on any atom is 0.329 e. The molecule has 0 radical (unpaired) electrons. The van der Waals surface area contributed by atoms with Gasteiger partial charge in [0.05, 0.1) is 4.92 Å². The van der Waals surface area contributed by atoms with E-state index in [4.69, 9.17) is 5.73 Å². The molecule has 1 fully saturated rings. The highest BCUT2D eigenvalue weighted by Crippen LogP contribution is 2.30. The molecule has 0 aromatic carbocycles. The van der Waals surface area contributed by atoms with Gasteiger partial charge < -0.3 is 15.2 Å². The summed E-state index contributed by atoms with van der Waals surface area (Å²) in [6, 6.07) is 0.325. The third kappa shape index (κ3) is 2.99. The minimum atomic E-state index is -0.579. The number of piperidine rings is 1. The number of hydrogen-bond acceptors (Lipinski definition) is 8. The van der Waals surface area contributed by atoms with Crippen molar-refractivity contribution in [3.05, 3.63) is 28.5 Å². The molecule has 0 atom stereocenters. The van der Waals surface area contributed by atoms with E-state index in [1.165, 1.54) is 6.20 Å². The van der Waals surface area contributed by atoms with Crippen LogP contribution in [0.3, 0.4) is 0 Å². The van der Waals surface area contributed by atoms with Crippen LogP contribution >= 0.6 is 0 Å². The minimum Gasteiger partial charge on any atom is -0.378 e. The van der Waals surface area contributed by atoms with Gasteiger partial charge >= 0.3 is 5.69 Å². The van der Waals surface area contributed by atoms with Crippen LogP contribution in [0.5, 0.6) is 0 Å². The highest BCUT2D eigenvalue weighted by atomic mass is 16.6. The van der Waals surface area contributed by atoms with E-state index in [0.29, 0.717) is 17.9 Å². The molecule has 0 saturated carbocycles. The topological polar surface area (TPSA) is 129 Å². The standard InChI is InChI=1S/C14H20N8O2/c1-9(2)21-8-17-19-13(21)10-3-5-20(6-4-10)14-16-7-11(22(23)24)12(15)18-14/h7-10H,3-6H2,1-2H3,(H2,15,16,18). The number of hydrogen-bond donors (Lipinski definition) is 1. The number of nitrogens with two attached hydrogens (primary N) is 1. The Morgan fingerprint density at radius 3 is 2.67 bits per heavy atom. The lowest BCUT2D eigenvalue weighted by Crippen LogP contribution is -2.35. The maximum atomic E-state index is 10.8. The Kier molecular flexibility index (Phi) is 4.28. The second-order valence-electron chi connectivity index (χ2n) is 6.15. The number of anilines is 2. The van der Waals surface area contributed by atoms with Crippen LogP contribution in [0.25, 0.3) is 0 Å². The third-order valence-electron chi connectivity index (χ3n) is 4.28. The molecule has 24 heavy (non-hydrogen) atoms. The molecule has 0 bridgehead atoms. The fraction of sp³-hybridized carbons (Fsp3) is 0.571. The largest absolute Gasteiger partial charge is 0.378 e. The molecule has 1 aliphatic rings. The van der Waals surface area contributed by atoms with Crippen LogP contribution in [0.4, 0.5) is 17.5 Å². The van der Waals surface area contributed by atoms with Crippen molar-refractivity contribution in [2.24, 2.45) is 0 Å². The van der Waals surface area contributed by atoms with Gasteiger partial charge in [0.1, 0.15) is 18.3 Å². The Morgan fingerprint density at radius 1 is 1.38 bits per heavy atom. The van der Waals surface area contributed by atoms with E-state index < -0.39 is 4.92 Å². The first kappa shape index (κ1) is 16.1. The number of nitrogen functional groups attached to an aromatic ring is 1. The summed E-state index contributed by atoms with van der Waals surface area (Å²) in [6.07, 6.45) is 4.73. The summed E-state index contributed by atoms with van der Waals surface area (Å²) in [4.78, 5) is 20.3. The Bertz CT molecular complexity index is 736. The average molecular weight is 332 g/mol. The maximum absolute atomic E-state index is 10.8. The Balaban J connectivity index is 1.70. The van der Waals surface area contributed by atoms with E-state index in [-0.39, 0.29) is 11.5 Å². The first-order chi connectivity index (χ1) is 11.5. The molecule has 0 unspecified atom stereocenters. The molecule has 3 heterocycles. The van der Waals surface area contributed by atoms with Crippen molar-refractivity contribution in [2.75, 3.05) is 23.7 Å². The quantitative estimate of drug-likeness (QED) is 0.659. The van der Waals surface area contributed by atoms with Crippen molar-refractivity contribution in [3.63, 3.8) is 0 Å². The van der Waals surface area contributed by atoms with E-state index in [9.17, 15) is 10.1 Å². The molecule has 2 aromatic rings. The first-order valence-corrected chi connectivity index (χ1v) is 7.88. The fourth-order valence-corrected chi connectivity index (χ4v) is 2.95. The lowest BCUT2D eigenvalue weighted by molar-refractivity contribution is -0.384. The van der Waals surface area contributed by atoms with Gasteiger partial charge in [-0.3, -0.25) is 10.1 Å². The van der Waals surface area contributed by atoms with Crippen molar-refractivity contribution < 1.29 is 4.92 Å². The summed E-state index contributed by atoms with van der Waals surface area (Å²) in [5.41, 5.74) is 5.38. The fourth-order valence-electron chi connectivity index (χ4n) is 2.95. The van der Waals surface area contributed by atoms with Crippen molar-refractivity contribution in [3.8, 4) is 0 Å². The van der Waals surface area contributed by atoms with Gasteiger partial charge in [0.2, 0.25) is 11.8 Å². The van der Waals surface area contributed by atoms with Crippen molar-refractivity contribution in [2.45, 2.75) is 38.6 Å². The van der Waals surface area contributed by atoms with Gasteiger partial charge in [-0.15, -0.1) is 10.2 Å². The van der Waals surface area contributed by atoms with Gasteiger partial charge in [-0.05, 0) is 26.7 Å².